The molecule has 1 aromatic heterocycles. The molecule has 7 amide bonds. The number of aromatic nitrogens is 1. The first kappa shape index (κ1) is 57.2. The summed E-state index contributed by atoms with van der Waals surface area (Å²) in [4.78, 5) is 121. The van der Waals surface area contributed by atoms with E-state index in [0.717, 1.165) is 10.9 Å². The molecule has 0 bridgehead atoms. The van der Waals surface area contributed by atoms with Gasteiger partial charge in [-0.25, -0.2) is 4.79 Å². The summed E-state index contributed by atoms with van der Waals surface area (Å²) in [5.41, 5.74) is 36.4. The van der Waals surface area contributed by atoms with Crippen LogP contribution in [0.1, 0.15) is 61.6 Å². The predicted octanol–water partition coefficient (Wildman–Crippen LogP) is -2.29. The standard InChI is InChI=1S/C50H67N15O10/c51-33(23-29-16-18-31(66)19-17-29)42(68)62-37(24-28-9-2-1-3-10-28)44(70)63-38(25-30-27-59-34-12-5-4-11-32(30)34)45(71)61-36(14-7-21-58-50(55)56)47(73)65-22-8-15-40(65)46(72)60-35(13-6-20-57-49(53)54)43(69)64-39(48(74)75)26-41(52)67/h1-5,9-12,16-19,27,33,35-40,59,66H,6-8,13-15,20-26,51H2,(H2,52,67)(H,60,72)(H,61,71)(H,62,68)(H,63,70)(H,64,69)(H,74,75)(H4,53,54,57)(H4,55,56,58)/t33-,35-,36-,37-,38-,39-,40-/m0/s1. The molecule has 0 saturated carbocycles. The van der Waals surface area contributed by atoms with Crippen LogP contribution in [-0.2, 0) is 57.6 Å². The molecule has 0 radical (unpaired) electrons. The average Bonchev–Trinajstić information content (AvgIpc) is 4.03. The second-order valence-electron chi connectivity index (χ2n) is 18.1. The highest BCUT2D eigenvalue weighted by molar-refractivity contribution is 5.98. The van der Waals surface area contributed by atoms with Crippen LogP contribution in [0.4, 0.5) is 0 Å². The van der Waals surface area contributed by atoms with Gasteiger partial charge < -0.3 is 81.1 Å². The number of phenolic OH excluding ortho intramolecular Hbond substituents is 1. The minimum absolute atomic E-state index is 0.00236. The summed E-state index contributed by atoms with van der Waals surface area (Å²) < 4.78 is 0. The van der Waals surface area contributed by atoms with E-state index in [1.165, 1.54) is 17.0 Å². The Bertz CT molecular complexity index is 2690. The van der Waals surface area contributed by atoms with Crippen molar-refractivity contribution >= 4 is 70.1 Å². The number of fused-ring (bicyclic) bond motifs is 1. The van der Waals surface area contributed by atoms with Crippen molar-refractivity contribution in [2.75, 3.05) is 19.6 Å². The number of carbonyl (C=O) groups excluding carboxylic acids is 7. The van der Waals surface area contributed by atoms with E-state index in [-0.39, 0.29) is 88.7 Å². The minimum Gasteiger partial charge on any atom is -0.508 e. The van der Waals surface area contributed by atoms with Gasteiger partial charge in [-0.3, -0.25) is 43.5 Å². The van der Waals surface area contributed by atoms with Gasteiger partial charge in [0.2, 0.25) is 41.4 Å². The smallest absolute Gasteiger partial charge is 0.326 e. The normalized spacial score (nSPS) is 15.4. The SMILES string of the molecule is NC(=O)C[C@H](NC(=O)[C@H](CCCN=C(N)N)NC(=O)[C@@H]1CCCN1C(=O)[C@H](CCCN=C(N)N)NC(=O)[C@H](Cc1c[nH]c2ccccc12)NC(=O)[C@H](Cc1ccccc1)NC(=O)[C@@H](N)Cc1ccc(O)cc1)C(=O)O. The van der Waals surface area contributed by atoms with E-state index >= 15 is 0 Å². The number of primary amides is 1. The third-order valence-electron chi connectivity index (χ3n) is 12.4. The fraction of sp³-hybridized carbons (Fsp3) is 0.400. The van der Waals surface area contributed by atoms with Gasteiger partial charge in [0.15, 0.2) is 11.9 Å². The molecule has 5 rings (SSSR count). The van der Waals surface area contributed by atoms with Crippen LogP contribution in [0, 0.1) is 0 Å². The number of nitrogens with two attached hydrogens (primary N) is 6. The summed E-state index contributed by atoms with van der Waals surface area (Å²) in [7, 11) is 0. The van der Waals surface area contributed by atoms with Gasteiger partial charge in [-0.1, -0.05) is 60.7 Å². The van der Waals surface area contributed by atoms with E-state index in [2.05, 4.69) is 41.6 Å². The van der Waals surface area contributed by atoms with Crippen LogP contribution in [0.15, 0.2) is 95.0 Å². The Morgan fingerprint density at radius 3 is 1.81 bits per heavy atom. The summed E-state index contributed by atoms with van der Waals surface area (Å²) in [5.74, 6) is -7.52. The van der Waals surface area contributed by atoms with Crippen molar-refractivity contribution in [1.29, 1.82) is 0 Å². The number of H-pyrrole nitrogens is 1. The maximum Gasteiger partial charge on any atom is 0.326 e. The number of aliphatic carboxylic acids is 1. The van der Waals surface area contributed by atoms with E-state index < -0.39 is 96.0 Å². The van der Waals surface area contributed by atoms with Crippen LogP contribution < -0.4 is 61.0 Å². The zero-order valence-electron chi connectivity index (χ0n) is 41.3. The van der Waals surface area contributed by atoms with Crippen molar-refractivity contribution in [3.8, 4) is 5.75 Å². The van der Waals surface area contributed by atoms with Crippen LogP contribution in [-0.4, -0.2) is 141 Å². The van der Waals surface area contributed by atoms with Gasteiger partial charge in [0, 0.05) is 49.6 Å². The molecule has 0 aliphatic carbocycles. The number of rotatable bonds is 28. The quantitative estimate of drug-likeness (QED) is 0.0162. The third kappa shape index (κ3) is 17.8. The molecule has 25 nitrogen and oxygen atoms in total. The van der Waals surface area contributed by atoms with Gasteiger partial charge in [0.25, 0.3) is 0 Å². The number of benzene rings is 3. The second-order valence-corrected chi connectivity index (χ2v) is 18.1. The molecule has 25 heteroatoms. The van der Waals surface area contributed by atoms with Crippen LogP contribution in [0.2, 0.25) is 0 Å². The van der Waals surface area contributed by atoms with Gasteiger partial charge in [0.05, 0.1) is 12.5 Å². The fourth-order valence-electron chi connectivity index (χ4n) is 8.57. The summed E-state index contributed by atoms with van der Waals surface area (Å²) in [6.07, 6.45) is 1.62. The van der Waals surface area contributed by atoms with Gasteiger partial charge >= 0.3 is 5.97 Å². The molecule has 0 spiro atoms. The first-order chi connectivity index (χ1) is 35.8. The van der Waals surface area contributed by atoms with E-state index in [1.807, 2.05) is 24.3 Å². The van der Waals surface area contributed by atoms with Crippen molar-refractivity contribution < 1.29 is 48.6 Å². The average molecular weight is 1040 g/mol. The Morgan fingerprint density at radius 1 is 0.640 bits per heavy atom. The lowest BCUT2D eigenvalue weighted by Gasteiger charge is -2.31. The summed E-state index contributed by atoms with van der Waals surface area (Å²) in [6.45, 7) is 0.158. The highest BCUT2D eigenvalue weighted by Crippen LogP contribution is 2.23. The molecular formula is C50H67N15O10. The van der Waals surface area contributed by atoms with Crippen molar-refractivity contribution in [3.05, 3.63) is 102 Å². The number of nitrogens with one attached hydrogen (secondary N) is 6. The number of amides is 7. The number of nitrogens with zero attached hydrogens (tertiary/aromatic N) is 3. The molecule has 0 unspecified atom stereocenters. The van der Waals surface area contributed by atoms with Crippen LogP contribution in [0.5, 0.6) is 5.75 Å². The molecule has 4 aromatic rings. The lowest BCUT2D eigenvalue weighted by molar-refractivity contribution is -0.144. The number of aromatic amines is 1. The molecule has 2 heterocycles. The van der Waals surface area contributed by atoms with Crippen molar-refractivity contribution in [1.82, 2.24) is 36.5 Å². The summed E-state index contributed by atoms with van der Waals surface area (Å²) in [6, 6.07) is 13.0. The largest absolute Gasteiger partial charge is 0.508 e. The summed E-state index contributed by atoms with van der Waals surface area (Å²) >= 11 is 0. The van der Waals surface area contributed by atoms with E-state index in [4.69, 9.17) is 34.4 Å². The maximum atomic E-state index is 14.8. The monoisotopic (exact) mass is 1040 g/mol. The Balaban J connectivity index is 1.42. The Labute approximate surface area is 432 Å². The zero-order valence-corrected chi connectivity index (χ0v) is 41.3. The number of carbonyl (C=O) groups is 8. The number of phenols is 1. The maximum absolute atomic E-state index is 14.8. The predicted molar refractivity (Wildman–Crippen MR) is 278 cm³/mol. The van der Waals surface area contributed by atoms with Crippen molar-refractivity contribution in [2.45, 2.75) is 107 Å². The zero-order chi connectivity index (χ0) is 54.6. The van der Waals surface area contributed by atoms with Crippen molar-refractivity contribution in [3.63, 3.8) is 0 Å². The number of hydrogen-bond donors (Lipinski definition) is 14. The number of carboxylic acids is 1. The molecule has 1 aliphatic heterocycles. The Kier molecular flexibility index (Phi) is 21.3. The van der Waals surface area contributed by atoms with Gasteiger partial charge in [-0.15, -0.1) is 0 Å². The Morgan fingerprint density at radius 2 is 1.19 bits per heavy atom. The number of guanidine groups is 2. The molecule has 20 N–H and O–H groups in total. The van der Waals surface area contributed by atoms with E-state index in [1.54, 1.807) is 48.7 Å². The number of carboxylic acid groups (broad SMARTS) is 1. The highest BCUT2D eigenvalue weighted by Gasteiger charge is 2.40. The molecule has 7 atom stereocenters. The molecule has 1 saturated heterocycles. The molecule has 75 heavy (non-hydrogen) atoms. The van der Waals surface area contributed by atoms with Gasteiger partial charge in [0.1, 0.15) is 42.0 Å². The topological polar surface area (TPSA) is 437 Å². The lowest BCUT2D eigenvalue weighted by atomic mass is 10.0. The lowest BCUT2D eigenvalue weighted by Crippen LogP contribution is -2.60. The molecule has 402 valence electrons. The number of aromatic hydroxyl groups is 1. The van der Waals surface area contributed by atoms with Crippen molar-refractivity contribution in [2.24, 2.45) is 44.4 Å². The highest BCUT2D eigenvalue weighted by atomic mass is 16.4. The minimum atomic E-state index is -1.71. The van der Waals surface area contributed by atoms with Crippen LogP contribution in [0.25, 0.3) is 10.9 Å². The van der Waals surface area contributed by atoms with E-state index in [9.17, 15) is 48.6 Å². The van der Waals surface area contributed by atoms with E-state index in [0.29, 0.717) is 23.1 Å². The molecule has 1 fully saturated rings. The summed E-state index contributed by atoms with van der Waals surface area (Å²) in [5, 5.41) is 33.4. The first-order valence-corrected chi connectivity index (χ1v) is 24.4. The molecule has 1 aliphatic rings. The number of aliphatic imine (C=N–C) groups is 2. The second kappa shape index (κ2) is 27.9. The number of hydrogen-bond acceptors (Lipinski definition) is 12. The number of para-hydroxylation sites is 1. The first-order valence-electron chi connectivity index (χ1n) is 24.4. The van der Waals surface area contributed by atoms with Gasteiger partial charge in [-0.05, 0) is 79.8 Å². The number of likely N-dealkylation sites (tertiary alicyclic amines) is 1. The molecular weight excluding hydrogens is 971 g/mol. The van der Waals surface area contributed by atoms with Crippen LogP contribution in [0.3, 0.4) is 0 Å². The molecule has 3 aromatic carbocycles. The van der Waals surface area contributed by atoms with Gasteiger partial charge in [-0.2, -0.15) is 0 Å². The fourth-order valence-corrected chi connectivity index (χ4v) is 8.57. The third-order valence-corrected chi connectivity index (χ3v) is 12.4. The Hall–Kier alpha value is -8.74. The van der Waals surface area contributed by atoms with Crippen LogP contribution >= 0.6 is 0 Å².